The smallest absolute Gasteiger partial charge is 0.336 e. The quantitative estimate of drug-likeness (QED) is 0.561. The Kier molecular flexibility index (Phi) is 2.13. The van der Waals surface area contributed by atoms with Gasteiger partial charge in [0.15, 0.2) is 0 Å². The Morgan fingerprint density at radius 3 is 2.59 bits per heavy atom. The monoisotopic (exact) mass is 244 g/mol. The summed E-state index contributed by atoms with van der Waals surface area (Å²) in [5, 5.41) is 4.44. The predicted molar refractivity (Wildman–Crippen MR) is 72.1 cm³/mol. The molecule has 0 N–H and O–H groups in total. The Hall–Kier alpha value is -1.61. The first-order valence-corrected chi connectivity index (χ1v) is 6.38. The molecule has 0 unspecified atom stereocenters. The van der Waals surface area contributed by atoms with Crippen LogP contribution in [0.25, 0.3) is 21.1 Å². The van der Waals surface area contributed by atoms with E-state index in [1.54, 1.807) is 17.4 Å². The Bertz CT molecular complexity index is 793. The Labute approximate surface area is 102 Å². The molecule has 86 valence electrons. The van der Waals surface area contributed by atoms with Crippen LogP contribution in [0.2, 0.25) is 0 Å². The van der Waals surface area contributed by atoms with Crippen LogP contribution < -0.4 is 5.63 Å². The molecule has 2 heterocycles. The molecule has 0 atom stereocenters. The van der Waals surface area contributed by atoms with Crippen molar-refractivity contribution in [1.29, 1.82) is 0 Å². The molecule has 1 aromatic carbocycles. The molecule has 3 aromatic rings. The minimum atomic E-state index is -0.272. The molecule has 0 aliphatic heterocycles. The average molecular weight is 244 g/mol. The van der Waals surface area contributed by atoms with Gasteiger partial charge in [0, 0.05) is 21.7 Å². The van der Waals surface area contributed by atoms with E-state index in [1.807, 2.05) is 13.8 Å². The van der Waals surface area contributed by atoms with Crippen LogP contribution in [-0.4, -0.2) is 0 Å². The SMILES string of the molecule is Cc1cc(=O)oc2c(C)c3scc(C)c3cc12. The molecule has 0 fully saturated rings. The maximum absolute atomic E-state index is 11.4. The van der Waals surface area contributed by atoms with Crippen molar-refractivity contribution in [1.82, 2.24) is 0 Å². The van der Waals surface area contributed by atoms with Gasteiger partial charge in [0.25, 0.3) is 0 Å². The molecule has 0 bridgehead atoms. The van der Waals surface area contributed by atoms with E-state index < -0.39 is 0 Å². The number of hydrogen-bond acceptors (Lipinski definition) is 3. The molecule has 0 aliphatic carbocycles. The maximum Gasteiger partial charge on any atom is 0.336 e. The standard InChI is InChI=1S/C14H12O2S/c1-7-4-12(15)16-13-9(3)14-11(5-10(7)13)8(2)6-17-14/h4-6H,1-3H3. The third-order valence-electron chi connectivity index (χ3n) is 3.20. The summed E-state index contributed by atoms with van der Waals surface area (Å²) in [6.45, 7) is 6.08. The summed E-state index contributed by atoms with van der Waals surface area (Å²) >= 11 is 1.71. The zero-order chi connectivity index (χ0) is 12.2. The molecule has 17 heavy (non-hydrogen) atoms. The first kappa shape index (κ1) is 10.5. The molecule has 0 aliphatic rings. The second-order valence-electron chi connectivity index (χ2n) is 4.42. The van der Waals surface area contributed by atoms with E-state index in [0.29, 0.717) is 0 Å². The second kappa shape index (κ2) is 3.44. The number of thiophene rings is 1. The van der Waals surface area contributed by atoms with E-state index in [0.717, 1.165) is 22.1 Å². The van der Waals surface area contributed by atoms with Gasteiger partial charge in [-0.3, -0.25) is 0 Å². The summed E-state index contributed by atoms with van der Waals surface area (Å²) in [5.74, 6) is 0. The Morgan fingerprint density at radius 2 is 1.82 bits per heavy atom. The van der Waals surface area contributed by atoms with Gasteiger partial charge in [0.2, 0.25) is 0 Å². The van der Waals surface area contributed by atoms with Crippen LogP contribution in [0.15, 0.2) is 26.7 Å². The fourth-order valence-corrected chi connectivity index (χ4v) is 3.29. The van der Waals surface area contributed by atoms with E-state index in [2.05, 4.69) is 18.4 Å². The minimum Gasteiger partial charge on any atom is -0.422 e. The zero-order valence-corrected chi connectivity index (χ0v) is 10.8. The summed E-state index contributed by atoms with van der Waals surface area (Å²) in [7, 11) is 0. The molecule has 2 aromatic heterocycles. The molecule has 0 amide bonds. The lowest BCUT2D eigenvalue weighted by molar-refractivity contribution is 0.558. The van der Waals surface area contributed by atoms with E-state index in [9.17, 15) is 4.79 Å². The Balaban J connectivity index is 2.65. The van der Waals surface area contributed by atoms with Gasteiger partial charge >= 0.3 is 5.63 Å². The average Bonchev–Trinajstić information content (AvgIpc) is 2.63. The van der Waals surface area contributed by atoms with Crippen molar-refractivity contribution >= 4 is 32.4 Å². The molecule has 0 spiro atoms. The number of fused-ring (bicyclic) bond motifs is 2. The highest BCUT2D eigenvalue weighted by molar-refractivity contribution is 7.17. The fourth-order valence-electron chi connectivity index (χ4n) is 2.25. The van der Waals surface area contributed by atoms with Gasteiger partial charge in [-0.2, -0.15) is 0 Å². The third kappa shape index (κ3) is 1.42. The van der Waals surface area contributed by atoms with Gasteiger partial charge in [-0.25, -0.2) is 4.79 Å². The van der Waals surface area contributed by atoms with Crippen LogP contribution in [0.5, 0.6) is 0 Å². The summed E-state index contributed by atoms with van der Waals surface area (Å²) in [4.78, 5) is 11.4. The van der Waals surface area contributed by atoms with Gasteiger partial charge < -0.3 is 4.42 Å². The van der Waals surface area contributed by atoms with E-state index >= 15 is 0 Å². The highest BCUT2D eigenvalue weighted by Gasteiger charge is 2.11. The number of hydrogen-bond donors (Lipinski definition) is 0. The molecule has 0 saturated carbocycles. The van der Waals surface area contributed by atoms with E-state index in [4.69, 9.17) is 4.42 Å². The van der Waals surface area contributed by atoms with Crippen molar-refractivity contribution in [2.75, 3.05) is 0 Å². The van der Waals surface area contributed by atoms with Crippen LogP contribution in [0.4, 0.5) is 0 Å². The van der Waals surface area contributed by atoms with Crippen molar-refractivity contribution in [2.45, 2.75) is 20.8 Å². The van der Waals surface area contributed by atoms with E-state index in [1.165, 1.54) is 15.6 Å². The van der Waals surface area contributed by atoms with Crippen molar-refractivity contribution in [2.24, 2.45) is 0 Å². The lowest BCUT2D eigenvalue weighted by Gasteiger charge is -2.05. The molecule has 3 heteroatoms. The molecular weight excluding hydrogens is 232 g/mol. The van der Waals surface area contributed by atoms with Gasteiger partial charge in [-0.15, -0.1) is 11.3 Å². The first-order chi connectivity index (χ1) is 8.08. The normalized spacial score (nSPS) is 11.5. The lowest BCUT2D eigenvalue weighted by atomic mass is 10.0. The lowest BCUT2D eigenvalue weighted by Crippen LogP contribution is -1.98. The topological polar surface area (TPSA) is 30.2 Å². The van der Waals surface area contributed by atoms with Crippen molar-refractivity contribution in [3.8, 4) is 0 Å². The van der Waals surface area contributed by atoms with Gasteiger partial charge in [0.1, 0.15) is 5.58 Å². The molecular formula is C14H12O2S. The summed E-state index contributed by atoms with van der Waals surface area (Å²) < 4.78 is 6.55. The number of benzene rings is 1. The third-order valence-corrected chi connectivity index (χ3v) is 4.43. The molecule has 3 rings (SSSR count). The zero-order valence-electron chi connectivity index (χ0n) is 9.96. The van der Waals surface area contributed by atoms with Gasteiger partial charge in [-0.1, -0.05) is 0 Å². The van der Waals surface area contributed by atoms with Crippen LogP contribution >= 0.6 is 11.3 Å². The maximum atomic E-state index is 11.4. The Morgan fingerprint density at radius 1 is 1.06 bits per heavy atom. The summed E-state index contributed by atoms with van der Waals surface area (Å²) in [6, 6.07) is 3.68. The van der Waals surface area contributed by atoms with Crippen molar-refractivity contribution in [3.05, 3.63) is 44.6 Å². The highest BCUT2D eigenvalue weighted by atomic mass is 32.1. The largest absolute Gasteiger partial charge is 0.422 e. The van der Waals surface area contributed by atoms with Gasteiger partial charge in [-0.05, 0) is 48.7 Å². The fraction of sp³-hybridized carbons (Fsp3) is 0.214. The molecule has 2 nitrogen and oxygen atoms in total. The van der Waals surface area contributed by atoms with Crippen LogP contribution in [0.1, 0.15) is 16.7 Å². The molecule has 0 radical (unpaired) electrons. The summed E-state index contributed by atoms with van der Waals surface area (Å²) in [5.41, 5.74) is 3.78. The van der Waals surface area contributed by atoms with Crippen LogP contribution in [0.3, 0.4) is 0 Å². The molecule has 0 saturated heterocycles. The second-order valence-corrected chi connectivity index (χ2v) is 5.30. The first-order valence-electron chi connectivity index (χ1n) is 5.50. The minimum absolute atomic E-state index is 0.272. The number of aryl methyl sites for hydroxylation is 3. The van der Waals surface area contributed by atoms with Crippen molar-refractivity contribution < 1.29 is 4.42 Å². The highest BCUT2D eigenvalue weighted by Crippen LogP contribution is 2.34. The van der Waals surface area contributed by atoms with Crippen molar-refractivity contribution in [3.63, 3.8) is 0 Å². The van der Waals surface area contributed by atoms with Gasteiger partial charge in [0.05, 0.1) is 0 Å². The number of rotatable bonds is 0. The van der Waals surface area contributed by atoms with Crippen LogP contribution in [0, 0.1) is 20.8 Å². The predicted octanol–water partition coefficient (Wildman–Crippen LogP) is 3.93. The van der Waals surface area contributed by atoms with Crippen LogP contribution in [-0.2, 0) is 0 Å². The van der Waals surface area contributed by atoms with E-state index in [-0.39, 0.29) is 5.63 Å². The summed E-state index contributed by atoms with van der Waals surface area (Å²) in [6.07, 6.45) is 0.